The van der Waals surface area contributed by atoms with Gasteiger partial charge in [-0.15, -0.1) is 0 Å². The summed E-state index contributed by atoms with van der Waals surface area (Å²) in [4.78, 5) is 26.4. The molecule has 0 aromatic carbocycles. The van der Waals surface area contributed by atoms with Crippen LogP contribution in [-0.4, -0.2) is 66.2 Å². The summed E-state index contributed by atoms with van der Waals surface area (Å²) in [6.45, 7) is 6.25. The van der Waals surface area contributed by atoms with Crippen LogP contribution in [0.3, 0.4) is 0 Å². The van der Waals surface area contributed by atoms with Crippen molar-refractivity contribution in [2.75, 3.05) is 33.2 Å². The second-order valence-corrected chi connectivity index (χ2v) is 5.88. The molecule has 6 nitrogen and oxygen atoms in total. The molecule has 0 aromatic heterocycles. The van der Waals surface area contributed by atoms with Crippen LogP contribution in [0.25, 0.3) is 0 Å². The Morgan fingerprint density at radius 2 is 1.95 bits per heavy atom. The fourth-order valence-electron chi connectivity index (χ4n) is 2.47. The van der Waals surface area contributed by atoms with Crippen molar-refractivity contribution in [3.05, 3.63) is 0 Å². The minimum Gasteiger partial charge on any atom is -0.480 e. The maximum atomic E-state index is 12.0. The lowest BCUT2D eigenvalue weighted by Gasteiger charge is -2.29. The SMILES string of the molecule is CC(C)N(CC(=O)O)C(=O)NCCC1CCN(C)CC1. The van der Waals surface area contributed by atoms with Crippen LogP contribution >= 0.6 is 0 Å². The Balaban J connectivity index is 2.28. The lowest BCUT2D eigenvalue weighted by Crippen LogP contribution is -2.47. The summed E-state index contributed by atoms with van der Waals surface area (Å²) in [5.74, 6) is -0.317. The molecule has 1 aliphatic rings. The first kappa shape index (κ1) is 16.8. The zero-order chi connectivity index (χ0) is 15.1. The summed E-state index contributed by atoms with van der Waals surface area (Å²) >= 11 is 0. The van der Waals surface area contributed by atoms with Gasteiger partial charge in [0.25, 0.3) is 0 Å². The number of carboxylic acids is 1. The number of carbonyl (C=O) groups excluding carboxylic acids is 1. The van der Waals surface area contributed by atoms with Crippen LogP contribution in [0.15, 0.2) is 0 Å². The first-order valence-corrected chi connectivity index (χ1v) is 7.35. The standard InChI is InChI=1S/C14H27N3O3/c1-11(2)17(10-13(18)19)14(20)15-7-4-12-5-8-16(3)9-6-12/h11-12H,4-10H2,1-3H3,(H,15,20)(H,18,19). The highest BCUT2D eigenvalue weighted by atomic mass is 16.4. The topological polar surface area (TPSA) is 72.9 Å². The highest BCUT2D eigenvalue weighted by Gasteiger charge is 2.20. The number of urea groups is 1. The molecule has 0 saturated carbocycles. The second-order valence-electron chi connectivity index (χ2n) is 5.88. The largest absolute Gasteiger partial charge is 0.480 e. The second kappa shape index (κ2) is 8.09. The molecular formula is C14H27N3O3. The average molecular weight is 285 g/mol. The number of aliphatic carboxylic acids is 1. The fourth-order valence-corrected chi connectivity index (χ4v) is 2.47. The molecule has 2 N–H and O–H groups in total. The van der Waals surface area contributed by atoms with Crippen LogP contribution in [0.2, 0.25) is 0 Å². The predicted octanol–water partition coefficient (Wildman–Crippen LogP) is 1.22. The van der Waals surface area contributed by atoms with Crippen LogP contribution in [-0.2, 0) is 4.79 Å². The fraction of sp³-hybridized carbons (Fsp3) is 0.857. The molecule has 116 valence electrons. The quantitative estimate of drug-likeness (QED) is 0.769. The molecule has 1 heterocycles. The van der Waals surface area contributed by atoms with Crippen molar-refractivity contribution in [2.24, 2.45) is 5.92 Å². The zero-order valence-corrected chi connectivity index (χ0v) is 12.8. The van der Waals surface area contributed by atoms with Crippen LogP contribution in [0.4, 0.5) is 4.79 Å². The van der Waals surface area contributed by atoms with Crippen molar-refractivity contribution in [3.63, 3.8) is 0 Å². The summed E-state index contributed by atoms with van der Waals surface area (Å²) in [6, 6.07) is -0.398. The Morgan fingerprint density at radius 1 is 1.35 bits per heavy atom. The van der Waals surface area contributed by atoms with E-state index in [1.807, 2.05) is 13.8 Å². The molecule has 2 amide bonds. The Hall–Kier alpha value is -1.30. The minimum absolute atomic E-state index is 0.116. The Bertz CT molecular complexity index is 326. The third-order valence-electron chi connectivity index (χ3n) is 3.86. The van der Waals surface area contributed by atoms with E-state index < -0.39 is 5.97 Å². The van der Waals surface area contributed by atoms with E-state index in [9.17, 15) is 9.59 Å². The van der Waals surface area contributed by atoms with Crippen molar-refractivity contribution < 1.29 is 14.7 Å². The first-order valence-electron chi connectivity index (χ1n) is 7.35. The Morgan fingerprint density at radius 3 is 2.45 bits per heavy atom. The maximum absolute atomic E-state index is 12.0. The van der Waals surface area contributed by atoms with Crippen molar-refractivity contribution >= 4 is 12.0 Å². The summed E-state index contributed by atoms with van der Waals surface area (Å²) in [6.07, 6.45) is 3.32. The summed E-state index contributed by atoms with van der Waals surface area (Å²) < 4.78 is 0. The van der Waals surface area contributed by atoms with Crippen molar-refractivity contribution in [2.45, 2.75) is 39.2 Å². The molecule has 0 atom stereocenters. The smallest absolute Gasteiger partial charge is 0.323 e. The monoisotopic (exact) mass is 285 g/mol. The number of carboxylic acid groups (broad SMARTS) is 1. The number of rotatable bonds is 6. The van der Waals surface area contributed by atoms with Crippen molar-refractivity contribution in [1.82, 2.24) is 15.1 Å². The Kier molecular flexibility index (Phi) is 6.78. The lowest BCUT2D eigenvalue weighted by molar-refractivity contribution is -0.138. The minimum atomic E-state index is -0.982. The van der Waals surface area contributed by atoms with Gasteiger partial charge < -0.3 is 20.2 Å². The highest BCUT2D eigenvalue weighted by Crippen LogP contribution is 2.18. The molecule has 0 aromatic rings. The van der Waals surface area contributed by atoms with Crippen LogP contribution in [0, 0.1) is 5.92 Å². The number of piperidine rings is 1. The maximum Gasteiger partial charge on any atom is 0.323 e. The van der Waals surface area contributed by atoms with E-state index in [4.69, 9.17) is 5.11 Å². The molecule has 6 heteroatoms. The van der Waals surface area contributed by atoms with E-state index in [-0.39, 0.29) is 18.6 Å². The number of hydrogen-bond donors (Lipinski definition) is 2. The third-order valence-corrected chi connectivity index (χ3v) is 3.86. The lowest BCUT2D eigenvalue weighted by atomic mass is 9.94. The number of carbonyl (C=O) groups is 2. The van der Waals surface area contributed by atoms with Gasteiger partial charge in [-0.25, -0.2) is 4.79 Å². The number of hydrogen-bond acceptors (Lipinski definition) is 3. The molecule has 0 unspecified atom stereocenters. The van der Waals surface area contributed by atoms with Crippen molar-refractivity contribution in [3.8, 4) is 0 Å². The normalized spacial score (nSPS) is 17.2. The van der Waals surface area contributed by atoms with Gasteiger partial charge in [0.1, 0.15) is 6.54 Å². The number of nitrogens with zero attached hydrogens (tertiary/aromatic N) is 2. The van der Waals surface area contributed by atoms with Gasteiger partial charge in [0.05, 0.1) is 0 Å². The van der Waals surface area contributed by atoms with E-state index in [2.05, 4.69) is 17.3 Å². The molecule has 1 saturated heterocycles. The van der Waals surface area contributed by atoms with Crippen molar-refractivity contribution in [1.29, 1.82) is 0 Å². The summed E-state index contributed by atoms with van der Waals surface area (Å²) in [7, 11) is 2.13. The predicted molar refractivity (Wildman–Crippen MR) is 77.7 cm³/mol. The van der Waals surface area contributed by atoms with E-state index in [1.165, 1.54) is 17.7 Å². The molecular weight excluding hydrogens is 258 g/mol. The van der Waals surface area contributed by atoms with Gasteiger partial charge in [-0.3, -0.25) is 4.79 Å². The first-order chi connectivity index (χ1) is 9.40. The van der Waals surface area contributed by atoms with Gasteiger partial charge in [-0.1, -0.05) is 0 Å². The highest BCUT2D eigenvalue weighted by molar-refractivity contribution is 5.80. The van der Waals surface area contributed by atoms with Gasteiger partial charge in [0.15, 0.2) is 0 Å². The van der Waals surface area contributed by atoms with Crippen LogP contribution in [0.5, 0.6) is 0 Å². The van der Waals surface area contributed by atoms with E-state index in [0.717, 1.165) is 19.5 Å². The number of likely N-dealkylation sites (tertiary alicyclic amines) is 1. The van der Waals surface area contributed by atoms with Crippen LogP contribution < -0.4 is 5.32 Å². The molecule has 1 fully saturated rings. The van der Waals surface area contributed by atoms with E-state index in [0.29, 0.717) is 12.5 Å². The molecule has 20 heavy (non-hydrogen) atoms. The molecule has 1 aliphatic heterocycles. The van der Waals surface area contributed by atoms with Gasteiger partial charge in [-0.05, 0) is 59.2 Å². The molecule has 0 spiro atoms. The van der Waals surface area contributed by atoms with E-state index in [1.54, 1.807) is 0 Å². The van der Waals surface area contributed by atoms with Gasteiger partial charge in [0, 0.05) is 12.6 Å². The summed E-state index contributed by atoms with van der Waals surface area (Å²) in [5, 5.41) is 11.6. The summed E-state index contributed by atoms with van der Waals surface area (Å²) in [5.41, 5.74) is 0. The average Bonchev–Trinajstić information content (AvgIpc) is 2.37. The number of amides is 2. The third kappa shape index (κ3) is 5.77. The molecule has 0 radical (unpaired) electrons. The molecule has 0 bridgehead atoms. The molecule has 1 rings (SSSR count). The van der Waals surface area contributed by atoms with E-state index >= 15 is 0 Å². The van der Waals surface area contributed by atoms with Gasteiger partial charge >= 0.3 is 12.0 Å². The number of nitrogens with one attached hydrogen (secondary N) is 1. The van der Waals surface area contributed by atoms with Crippen LogP contribution in [0.1, 0.15) is 33.1 Å². The zero-order valence-electron chi connectivity index (χ0n) is 12.8. The van der Waals surface area contributed by atoms with Gasteiger partial charge in [0.2, 0.25) is 0 Å². The molecule has 0 aliphatic carbocycles. The Labute approximate surface area is 121 Å². The van der Waals surface area contributed by atoms with Gasteiger partial charge in [-0.2, -0.15) is 0 Å².